The first-order chi connectivity index (χ1) is 4.63. The molecule has 0 aliphatic carbocycles. The van der Waals surface area contributed by atoms with Gasteiger partial charge in [0.2, 0.25) is 4.77 Å². The number of rotatable bonds is 0. The summed E-state index contributed by atoms with van der Waals surface area (Å²) in [7, 11) is 0. The Balaban J connectivity index is 3.66. The zero-order valence-corrected chi connectivity index (χ0v) is 6.92. The zero-order valence-electron chi connectivity index (χ0n) is 5.29. The number of aromatic nitrogens is 3. The highest BCUT2D eigenvalue weighted by Crippen LogP contribution is 1.91. The standard InChI is InChI=1S/C4H6N4S2/c1-2-3(9)8(5)4(10)7-6-2/h5H2,1H3,(H,7,10). The Morgan fingerprint density at radius 3 is 2.70 bits per heavy atom. The molecule has 0 bridgehead atoms. The maximum absolute atomic E-state index is 5.42. The van der Waals surface area contributed by atoms with Crippen molar-refractivity contribution in [3.8, 4) is 0 Å². The van der Waals surface area contributed by atoms with Crippen molar-refractivity contribution in [2.45, 2.75) is 6.92 Å². The van der Waals surface area contributed by atoms with E-state index in [9.17, 15) is 0 Å². The minimum atomic E-state index is 0.329. The number of hydrogen-bond acceptors (Lipinski definition) is 4. The molecule has 6 heteroatoms. The van der Waals surface area contributed by atoms with Crippen LogP contribution in [0, 0.1) is 16.3 Å². The first kappa shape index (κ1) is 7.36. The summed E-state index contributed by atoms with van der Waals surface area (Å²) in [4.78, 5) is 0. The summed E-state index contributed by atoms with van der Waals surface area (Å²) >= 11 is 9.62. The Kier molecular flexibility index (Phi) is 1.82. The molecule has 0 spiro atoms. The Labute approximate surface area is 67.7 Å². The first-order valence-electron chi connectivity index (χ1n) is 2.56. The maximum Gasteiger partial charge on any atom is 0.213 e. The van der Waals surface area contributed by atoms with Gasteiger partial charge < -0.3 is 5.84 Å². The van der Waals surface area contributed by atoms with E-state index in [4.69, 9.17) is 30.3 Å². The van der Waals surface area contributed by atoms with E-state index in [0.717, 1.165) is 0 Å². The summed E-state index contributed by atoms with van der Waals surface area (Å²) in [6.07, 6.45) is 0. The quantitative estimate of drug-likeness (QED) is 0.449. The molecule has 1 aromatic heterocycles. The second-order valence-corrected chi connectivity index (χ2v) is 2.56. The van der Waals surface area contributed by atoms with E-state index in [1.54, 1.807) is 6.92 Å². The number of aromatic amines is 1. The van der Waals surface area contributed by atoms with Crippen LogP contribution in [0.5, 0.6) is 0 Å². The SMILES string of the molecule is Cc1n[nH]c(=S)n(N)c1=S. The van der Waals surface area contributed by atoms with Gasteiger partial charge in [-0.15, -0.1) is 0 Å². The second kappa shape index (κ2) is 2.47. The fourth-order valence-corrected chi connectivity index (χ4v) is 0.832. The van der Waals surface area contributed by atoms with E-state index in [1.165, 1.54) is 4.68 Å². The highest BCUT2D eigenvalue weighted by Gasteiger charge is 1.92. The van der Waals surface area contributed by atoms with Gasteiger partial charge in [-0.05, 0) is 19.1 Å². The summed E-state index contributed by atoms with van der Waals surface area (Å²) < 4.78 is 2.01. The number of hydrogen-bond donors (Lipinski definition) is 2. The van der Waals surface area contributed by atoms with E-state index >= 15 is 0 Å². The molecule has 1 heterocycles. The van der Waals surface area contributed by atoms with Crippen molar-refractivity contribution >= 4 is 24.4 Å². The number of nitrogens with one attached hydrogen (secondary N) is 1. The van der Waals surface area contributed by atoms with Crippen LogP contribution in [0.3, 0.4) is 0 Å². The third kappa shape index (κ3) is 1.07. The molecular weight excluding hydrogens is 168 g/mol. The predicted octanol–water partition coefficient (Wildman–Crippen LogP) is 0.692. The molecule has 0 atom stereocenters. The average Bonchev–Trinajstić information content (AvgIpc) is 1.93. The third-order valence-electron chi connectivity index (χ3n) is 1.07. The molecule has 4 nitrogen and oxygen atoms in total. The van der Waals surface area contributed by atoms with Crippen molar-refractivity contribution in [2.24, 2.45) is 0 Å². The molecule has 10 heavy (non-hydrogen) atoms. The first-order valence-corrected chi connectivity index (χ1v) is 3.38. The van der Waals surface area contributed by atoms with Crippen LogP contribution in [0.25, 0.3) is 0 Å². The minimum absolute atomic E-state index is 0.329. The fourth-order valence-electron chi connectivity index (χ4n) is 0.500. The summed E-state index contributed by atoms with van der Waals surface area (Å²) in [6, 6.07) is 0. The van der Waals surface area contributed by atoms with E-state index < -0.39 is 0 Å². The van der Waals surface area contributed by atoms with Crippen molar-refractivity contribution in [3.05, 3.63) is 15.1 Å². The zero-order chi connectivity index (χ0) is 7.72. The van der Waals surface area contributed by atoms with E-state index in [1.807, 2.05) is 0 Å². The van der Waals surface area contributed by atoms with E-state index in [0.29, 0.717) is 15.1 Å². The van der Waals surface area contributed by atoms with Gasteiger partial charge in [-0.3, -0.25) is 5.10 Å². The monoisotopic (exact) mass is 174 g/mol. The smallest absolute Gasteiger partial charge is 0.213 e. The molecule has 0 saturated carbocycles. The van der Waals surface area contributed by atoms with Gasteiger partial charge in [0.1, 0.15) is 0 Å². The Bertz CT molecular complexity index is 349. The van der Waals surface area contributed by atoms with E-state index in [-0.39, 0.29) is 0 Å². The van der Waals surface area contributed by atoms with Gasteiger partial charge >= 0.3 is 0 Å². The number of H-pyrrole nitrogens is 1. The third-order valence-corrected chi connectivity index (χ3v) is 1.85. The van der Waals surface area contributed by atoms with Crippen LogP contribution in [0.15, 0.2) is 0 Å². The molecule has 0 saturated heterocycles. The van der Waals surface area contributed by atoms with Gasteiger partial charge in [0.15, 0.2) is 4.64 Å². The van der Waals surface area contributed by atoms with Crippen molar-refractivity contribution in [1.29, 1.82) is 0 Å². The molecule has 1 aromatic rings. The van der Waals surface area contributed by atoms with Gasteiger partial charge in [0.25, 0.3) is 0 Å². The van der Waals surface area contributed by atoms with Gasteiger partial charge in [-0.1, -0.05) is 12.2 Å². The lowest BCUT2D eigenvalue weighted by atomic mass is 10.5. The fraction of sp³-hybridized carbons (Fsp3) is 0.250. The van der Waals surface area contributed by atoms with Crippen LogP contribution in [0.1, 0.15) is 5.69 Å². The molecule has 0 aliphatic heterocycles. The highest BCUT2D eigenvalue weighted by molar-refractivity contribution is 7.72. The number of aryl methyl sites for hydroxylation is 1. The van der Waals surface area contributed by atoms with Crippen molar-refractivity contribution in [2.75, 3.05) is 5.84 Å². The summed E-state index contributed by atoms with van der Waals surface area (Å²) in [5.74, 6) is 5.42. The molecule has 0 unspecified atom stereocenters. The Hall–Kier alpha value is -0.750. The lowest BCUT2D eigenvalue weighted by molar-refractivity contribution is 0.796. The van der Waals surface area contributed by atoms with Crippen LogP contribution >= 0.6 is 24.4 Å². The number of nitrogens with zero attached hydrogens (tertiary/aromatic N) is 2. The van der Waals surface area contributed by atoms with E-state index in [2.05, 4.69) is 10.2 Å². The Morgan fingerprint density at radius 2 is 2.20 bits per heavy atom. The number of nitrogen functional groups attached to an aromatic ring is 1. The molecule has 0 radical (unpaired) electrons. The summed E-state index contributed by atoms with van der Waals surface area (Å²) in [5, 5.41) is 6.35. The van der Waals surface area contributed by atoms with Crippen LogP contribution in [-0.2, 0) is 0 Å². The molecule has 1 rings (SSSR count). The summed E-state index contributed by atoms with van der Waals surface area (Å²) in [6.45, 7) is 1.76. The Morgan fingerprint density at radius 1 is 1.60 bits per heavy atom. The maximum atomic E-state index is 5.42. The summed E-state index contributed by atoms with van der Waals surface area (Å²) in [5.41, 5.74) is 0.672. The molecular formula is C4H6N4S2. The van der Waals surface area contributed by atoms with Crippen molar-refractivity contribution < 1.29 is 0 Å². The lowest BCUT2D eigenvalue weighted by Crippen LogP contribution is -2.14. The van der Waals surface area contributed by atoms with Crippen LogP contribution in [-0.4, -0.2) is 14.9 Å². The minimum Gasteiger partial charge on any atom is -0.336 e. The topological polar surface area (TPSA) is 59.6 Å². The van der Waals surface area contributed by atoms with Gasteiger partial charge in [-0.25, -0.2) is 4.68 Å². The average molecular weight is 174 g/mol. The van der Waals surface area contributed by atoms with Crippen LogP contribution < -0.4 is 5.84 Å². The van der Waals surface area contributed by atoms with Crippen LogP contribution in [0.2, 0.25) is 0 Å². The predicted molar refractivity (Wildman–Crippen MR) is 43.1 cm³/mol. The lowest BCUT2D eigenvalue weighted by Gasteiger charge is -1.98. The normalized spacial score (nSPS) is 9.70. The second-order valence-electron chi connectivity index (χ2n) is 1.79. The molecule has 0 aromatic carbocycles. The van der Waals surface area contributed by atoms with Gasteiger partial charge in [0, 0.05) is 0 Å². The largest absolute Gasteiger partial charge is 0.336 e. The van der Waals surface area contributed by atoms with Gasteiger partial charge in [0.05, 0.1) is 5.69 Å². The highest BCUT2D eigenvalue weighted by atomic mass is 32.1. The number of nitrogens with two attached hydrogens (primary N) is 1. The van der Waals surface area contributed by atoms with Crippen LogP contribution in [0.4, 0.5) is 0 Å². The van der Waals surface area contributed by atoms with Crippen molar-refractivity contribution in [1.82, 2.24) is 14.9 Å². The molecule has 0 aliphatic rings. The van der Waals surface area contributed by atoms with Gasteiger partial charge in [-0.2, -0.15) is 5.10 Å². The molecule has 0 amide bonds. The molecule has 0 fully saturated rings. The molecule has 3 N–H and O–H groups in total. The van der Waals surface area contributed by atoms with Crippen molar-refractivity contribution in [3.63, 3.8) is 0 Å². The molecule has 54 valence electrons.